The van der Waals surface area contributed by atoms with Crippen molar-refractivity contribution in [2.24, 2.45) is 5.41 Å². The Morgan fingerprint density at radius 3 is 2.00 bits per heavy atom. The minimum absolute atomic E-state index is 0.0442. The summed E-state index contributed by atoms with van der Waals surface area (Å²) in [5.74, 6) is 0.577. The van der Waals surface area contributed by atoms with Gasteiger partial charge in [-0.2, -0.15) is 0 Å². The van der Waals surface area contributed by atoms with Gasteiger partial charge in [0.25, 0.3) is 0 Å². The molecular formula is C12H18Cl2. The fourth-order valence-corrected chi connectivity index (χ4v) is 3.06. The molecule has 80 valence electrons. The maximum absolute atomic E-state index is 6.30. The molecule has 0 saturated heterocycles. The highest BCUT2D eigenvalue weighted by Crippen LogP contribution is 2.50. The molecule has 0 radical (unpaired) electrons. The van der Waals surface area contributed by atoms with Crippen LogP contribution in [0.5, 0.6) is 0 Å². The smallest absolute Gasteiger partial charge is 0.0448 e. The van der Waals surface area contributed by atoms with Crippen LogP contribution in [0.25, 0.3) is 0 Å². The van der Waals surface area contributed by atoms with E-state index in [1.165, 1.54) is 22.3 Å². The zero-order chi connectivity index (χ0) is 11.1. The lowest BCUT2D eigenvalue weighted by molar-refractivity contribution is 0.477. The molecule has 0 saturated carbocycles. The molecule has 2 atom stereocenters. The highest BCUT2D eigenvalue weighted by Gasteiger charge is 2.41. The maximum Gasteiger partial charge on any atom is 0.0448 e. The lowest BCUT2D eigenvalue weighted by Crippen LogP contribution is -2.28. The Labute approximate surface area is 97.0 Å². The zero-order valence-electron chi connectivity index (χ0n) is 9.54. The fraction of sp³-hybridized carbons (Fsp3) is 0.667. The van der Waals surface area contributed by atoms with E-state index in [1.54, 1.807) is 0 Å². The summed E-state index contributed by atoms with van der Waals surface area (Å²) in [5.41, 5.74) is 5.30. The van der Waals surface area contributed by atoms with Crippen molar-refractivity contribution in [3.63, 3.8) is 0 Å². The quantitative estimate of drug-likeness (QED) is 0.615. The minimum Gasteiger partial charge on any atom is -0.122 e. The van der Waals surface area contributed by atoms with Gasteiger partial charge >= 0.3 is 0 Å². The molecule has 0 bridgehead atoms. The first-order valence-electron chi connectivity index (χ1n) is 4.96. The number of halogens is 2. The zero-order valence-corrected chi connectivity index (χ0v) is 11.1. The van der Waals surface area contributed by atoms with E-state index in [2.05, 4.69) is 27.7 Å². The van der Waals surface area contributed by atoms with Gasteiger partial charge in [0.1, 0.15) is 0 Å². The van der Waals surface area contributed by atoms with E-state index in [-0.39, 0.29) is 10.8 Å². The van der Waals surface area contributed by atoms with Gasteiger partial charge in [0.05, 0.1) is 0 Å². The van der Waals surface area contributed by atoms with Crippen LogP contribution in [0.3, 0.4) is 0 Å². The Balaban J connectivity index is 3.33. The third-order valence-electron chi connectivity index (χ3n) is 3.91. The predicted molar refractivity (Wildman–Crippen MR) is 65.2 cm³/mol. The first-order chi connectivity index (χ1) is 6.37. The Hall–Kier alpha value is 0.0600. The highest BCUT2D eigenvalue weighted by atomic mass is 35.5. The molecule has 0 unspecified atom stereocenters. The second-order valence-corrected chi connectivity index (χ2v) is 5.23. The molecule has 0 fully saturated rings. The minimum atomic E-state index is -0.0442. The molecule has 0 amide bonds. The van der Waals surface area contributed by atoms with E-state index in [4.69, 9.17) is 23.2 Å². The SMILES string of the molecule is CC1=C(C)[C@](C)([C@H](C)Cl)C(CCl)=C1C. The lowest BCUT2D eigenvalue weighted by atomic mass is 9.77. The van der Waals surface area contributed by atoms with E-state index in [9.17, 15) is 0 Å². The van der Waals surface area contributed by atoms with Gasteiger partial charge in [-0.25, -0.2) is 0 Å². The molecule has 0 N–H and O–H groups in total. The Kier molecular flexibility index (Phi) is 3.38. The second kappa shape index (κ2) is 3.90. The summed E-state index contributed by atoms with van der Waals surface area (Å²) < 4.78 is 0. The molecule has 0 spiro atoms. The topological polar surface area (TPSA) is 0 Å². The van der Waals surface area contributed by atoms with Gasteiger partial charge in [0, 0.05) is 16.7 Å². The van der Waals surface area contributed by atoms with Crippen LogP contribution in [-0.4, -0.2) is 11.3 Å². The van der Waals surface area contributed by atoms with E-state index in [0.717, 1.165) is 0 Å². The van der Waals surface area contributed by atoms with Crippen molar-refractivity contribution in [2.75, 3.05) is 5.88 Å². The molecule has 0 nitrogen and oxygen atoms in total. The molecule has 1 aliphatic carbocycles. The normalized spacial score (nSPS) is 30.2. The molecule has 0 heterocycles. The number of allylic oxidation sites excluding steroid dienone is 4. The average molecular weight is 233 g/mol. The molecule has 0 aromatic heterocycles. The van der Waals surface area contributed by atoms with E-state index in [1.807, 2.05) is 6.92 Å². The van der Waals surface area contributed by atoms with Gasteiger partial charge in [0.2, 0.25) is 0 Å². The van der Waals surface area contributed by atoms with E-state index >= 15 is 0 Å². The summed E-state index contributed by atoms with van der Waals surface area (Å²) in [4.78, 5) is 0. The molecular weight excluding hydrogens is 215 g/mol. The predicted octanol–water partition coefficient (Wildman–Crippen LogP) is 4.53. The standard InChI is InChI=1S/C12H18Cl2/c1-7-8(2)11(6-13)12(5,9(7)3)10(4)14/h10H,6H2,1-5H3/t10-,12+/m0/s1. The van der Waals surface area contributed by atoms with Crippen molar-refractivity contribution in [1.29, 1.82) is 0 Å². The maximum atomic E-state index is 6.30. The molecule has 0 aromatic carbocycles. The monoisotopic (exact) mass is 232 g/mol. The van der Waals surface area contributed by atoms with Gasteiger partial charge in [-0.3, -0.25) is 0 Å². The van der Waals surface area contributed by atoms with Crippen LogP contribution >= 0.6 is 23.2 Å². The van der Waals surface area contributed by atoms with Gasteiger partial charge in [-0.1, -0.05) is 12.5 Å². The van der Waals surface area contributed by atoms with Crippen LogP contribution in [0, 0.1) is 5.41 Å². The molecule has 0 aromatic rings. The van der Waals surface area contributed by atoms with Crippen LogP contribution in [0.2, 0.25) is 0 Å². The number of alkyl halides is 2. The van der Waals surface area contributed by atoms with Gasteiger partial charge in [0.15, 0.2) is 0 Å². The molecule has 0 aliphatic heterocycles. The Morgan fingerprint density at radius 1 is 1.21 bits per heavy atom. The number of hydrogen-bond acceptors (Lipinski definition) is 0. The second-order valence-electron chi connectivity index (χ2n) is 4.31. The average Bonchev–Trinajstić information content (AvgIpc) is 2.29. The number of hydrogen-bond donors (Lipinski definition) is 0. The van der Waals surface area contributed by atoms with Crippen molar-refractivity contribution in [3.8, 4) is 0 Å². The Morgan fingerprint density at radius 2 is 1.71 bits per heavy atom. The summed E-state index contributed by atoms with van der Waals surface area (Å²) in [6, 6.07) is 0. The first-order valence-corrected chi connectivity index (χ1v) is 5.93. The van der Waals surface area contributed by atoms with Crippen molar-refractivity contribution >= 4 is 23.2 Å². The summed E-state index contributed by atoms with van der Waals surface area (Å²) in [5, 5.41) is 0.0867. The summed E-state index contributed by atoms with van der Waals surface area (Å²) in [6.07, 6.45) is 0. The van der Waals surface area contributed by atoms with Gasteiger partial charge in [-0.15, -0.1) is 23.2 Å². The van der Waals surface area contributed by atoms with Crippen LogP contribution in [0.4, 0.5) is 0 Å². The van der Waals surface area contributed by atoms with E-state index in [0.29, 0.717) is 5.88 Å². The molecule has 1 rings (SSSR count). The van der Waals surface area contributed by atoms with Crippen molar-refractivity contribution < 1.29 is 0 Å². The van der Waals surface area contributed by atoms with Crippen LogP contribution in [-0.2, 0) is 0 Å². The fourth-order valence-electron chi connectivity index (χ4n) is 2.29. The van der Waals surface area contributed by atoms with Crippen molar-refractivity contribution in [1.82, 2.24) is 0 Å². The van der Waals surface area contributed by atoms with Gasteiger partial charge in [-0.05, 0) is 44.4 Å². The van der Waals surface area contributed by atoms with Crippen LogP contribution in [0.15, 0.2) is 22.3 Å². The molecule has 14 heavy (non-hydrogen) atoms. The van der Waals surface area contributed by atoms with Crippen LogP contribution in [0.1, 0.15) is 34.6 Å². The van der Waals surface area contributed by atoms with Crippen LogP contribution < -0.4 is 0 Å². The highest BCUT2D eigenvalue weighted by molar-refractivity contribution is 6.22. The Bertz CT molecular complexity index is 310. The third-order valence-corrected chi connectivity index (χ3v) is 4.62. The summed E-state index contributed by atoms with van der Waals surface area (Å²) >= 11 is 12.3. The van der Waals surface area contributed by atoms with E-state index < -0.39 is 0 Å². The third kappa shape index (κ3) is 1.44. The molecule has 1 aliphatic rings. The number of rotatable bonds is 2. The largest absolute Gasteiger partial charge is 0.122 e. The lowest BCUT2D eigenvalue weighted by Gasteiger charge is -2.32. The summed E-state index contributed by atoms with van der Waals surface area (Å²) in [7, 11) is 0. The van der Waals surface area contributed by atoms with Crippen molar-refractivity contribution in [3.05, 3.63) is 22.3 Å². The van der Waals surface area contributed by atoms with Crippen molar-refractivity contribution in [2.45, 2.75) is 40.0 Å². The van der Waals surface area contributed by atoms with Gasteiger partial charge < -0.3 is 0 Å². The summed E-state index contributed by atoms with van der Waals surface area (Å²) in [6.45, 7) is 10.7. The molecule has 2 heteroatoms. The first kappa shape index (κ1) is 12.1.